The van der Waals surface area contributed by atoms with E-state index in [-0.39, 0.29) is 11.4 Å². The topological polar surface area (TPSA) is 132 Å². The van der Waals surface area contributed by atoms with E-state index >= 15 is 0 Å². The number of nitrogens with one attached hydrogen (secondary N) is 1. The first kappa shape index (κ1) is 23.9. The van der Waals surface area contributed by atoms with Gasteiger partial charge >= 0.3 is 5.97 Å². The molecule has 1 amide bonds. The van der Waals surface area contributed by atoms with Crippen LogP contribution >= 0.6 is 0 Å². The predicted molar refractivity (Wildman–Crippen MR) is 123 cm³/mol. The normalized spacial score (nSPS) is 12.0. The molecule has 34 heavy (non-hydrogen) atoms. The monoisotopic (exact) mass is 459 g/mol. The highest BCUT2D eigenvalue weighted by Crippen LogP contribution is 2.28. The second-order valence-corrected chi connectivity index (χ2v) is 7.39. The van der Waals surface area contributed by atoms with Gasteiger partial charge in [0.1, 0.15) is 11.4 Å². The highest BCUT2D eigenvalue weighted by molar-refractivity contribution is 5.98. The van der Waals surface area contributed by atoms with E-state index < -0.39 is 29.0 Å². The van der Waals surface area contributed by atoms with Crippen LogP contribution in [-0.2, 0) is 14.3 Å². The number of nitro groups is 1. The summed E-state index contributed by atoms with van der Waals surface area (Å²) in [6.45, 7) is 3.16. The van der Waals surface area contributed by atoms with E-state index in [1.807, 2.05) is 6.07 Å². The van der Waals surface area contributed by atoms with Gasteiger partial charge in [-0.15, -0.1) is 0 Å². The zero-order valence-electron chi connectivity index (χ0n) is 18.4. The molecule has 3 aromatic carbocycles. The molecule has 0 aliphatic rings. The Balaban J connectivity index is 1.80. The van der Waals surface area contributed by atoms with Gasteiger partial charge in [0, 0.05) is 11.6 Å². The summed E-state index contributed by atoms with van der Waals surface area (Å²) in [5, 5.41) is 22.8. The molecule has 0 bridgehead atoms. The Morgan fingerprint density at radius 2 is 1.74 bits per heavy atom. The maximum atomic E-state index is 13.1. The van der Waals surface area contributed by atoms with Gasteiger partial charge in [0.2, 0.25) is 6.10 Å². The quantitative estimate of drug-likeness (QED) is 0.299. The fourth-order valence-corrected chi connectivity index (χ4v) is 3.07. The lowest BCUT2D eigenvalue weighted by molar-refractivity contribution is -0.384. The maximum absolute atomic E-state index is 13.1. The van der Waals surface area contributed by atoms with E-state index in [0.29, 0.717) is 22.4 Å². The zero-order valence-corrected chi connectivity index (χ0v) is 18.4. The van der Waals surface area contributed by atoms with Crippen molar-refractivity contribution < 1.29 is 24.0 Å². The van der Waals surface area contributed by atoms with Gasteiger partial charge in [0.15, 0.2) is 6.10 Å². The van der Waals surface area contributed by atoms with Gasteiger partial charge in [-0.25, -0.2) is 4.79 Å². The number of anilines is 1. The fourth-order valence-electron chi connectivity index (χ4n) is 3.07. The van der Waals surface area contributed by atoms with Gasteiger partial charge in [-0.2, -0.15) is 5.26 Å². The number of nitrogens with zero attached hydrogens (tertiary/aromatic N) is 2. The number of aryl methyl sites for hydroxylation is 1. The SMILES string of the molecule is Cc1ccc(NC(=O)C(OC(=O)C(C)Oc2ccc(C#N)cc2)c2ccccc2)c([N+](=O)[O-])c1. The summed E-state index contributed by atoms with van der Waals surface area (Å²) in [4.78, 5) is 36.6. The zero-order chi connectivity index (χ0) is 24.7. The number of esters is 1. The number of amides is 1. The molecule has 9 heteroatoms. The minimum Gasteiger partial charge on any atom is -0.479 e. The van der Waals surface area contributed by atoms with E-state index in [2.05, 4.69) is 5.32 Å². The van der Waals surface area contributed by atoms with Crippen LogP contribution in [-0.4, -0.2) is 22.9 Å². The first-order valence-corrected chi connectivity index (χ1v) is 10.3. The molecular formula is C25H21N3O6. The minimum atomic E-state index is -1.37. The van der Waals surface area contributed by atoms with Crippen molar-refractivity contribution in [3.8, 4) is 11.8 Å². The van der Waals surface area contributed by atoms with Crippen molar-refractivity contribution in [2.45, 2.75) is 26.1 Å². The lowest BCUT2D eigenvalue weighted by atomic mass is 10.1. The number of carbonyl (C=O) groups is 2. The molecule has 172 valence electrons. The van der Waals surface area contributed by atoms with E-state index in [9.17, 15) is 19.7 Å². The Hall–Kier alpha value is -4.71. The second kappa shape index (κ2) is 10.7. The van der Waals surface area contributed by atoms with Crippen molar-refractivity contribution in [2.75, 3.05) is 5.32 Å². The van der Waals surface area contributed by atoms with Gasteiger partial charge in [-0.05, 0) is 49.7 Å². The van der Waals surface area contributed by atoms with Crippen molar-refractivity contribution in [1.82, 2.24) is 0 Å². The number of hydrogen-bond acceptors (Lipinski definition) is 7. The van der Waals surface area contributed by atoms with Crippen LogP contribution in [0.2, 0.25) is 0 Å². The first-order chi connectivity index (χ1) is 16.3. The molecule has 0 aliphatic carbocycles. The number of nitro benzene ring substituents is 1. The summed E-state index contributed by atoms with van der Waals surface area (Å²) in [5.74, 6) is -1.22. The second-order valence-electron chi connectivity index (χ2n) is 7.39. The van der Waals surface area contributed by atoms with Crippen LogP contribution in [0.1, 0.15) is 29.7 Å². The summed E-state index contributed by atoms with van der Waals surface area (Å²) >= 11 is 0. The Morgan fingerprint density at radius 3 is 2.35 bits per heavy atom. The lowest BCUT2D eigenvalue weighted by Gasteiger charge is -2.21. The van der Waals surface area contributed by atoms with Crippen LogP contribution < -0.4 is 10.1 Å². The molecule has 1 N–H and O–H groups in total. The third-order valence-electron chi connectivity index (χ3n) is 4.81. The molecule has 0 aromatic heterocycles. The van der Waals surface area contributed by atoms with Crippen molar-refractivity contribution >= 4 is 23.3 Å². The van der Waals surface area contributed by atoms with Gasteiger partial charge in [-0.1, -0.05) is 36.4 Å². The molecule has 0 radical (unpaired) electrons. The van der Waals surface area contributed by atoms with Crippen LogP contribution in [0.3, 0.4) is 0 Å². The molecule has 0 heterocycles. The number of hydrogen-bond donors (Lipinski definition) is 1. The third-order valence-corrected chi connectivity index (χ3v) is 4.81. The van der Waals surface area contributed by atoms with Gasteiger partial charge in [-0.3, -0.25) is 14.9 Å². The molecule has 0 aliphatic heterocycles. The number of benzene rings is 3. The Kier molecular flexibility index (Phi) is 7.56. The Labute approximate surface area is 195 Å². The van der Waals surface area contributed by atoms with Crippen molar-refractivity contribution in [2.24, 2.45) is 0 Å². The highest BCUT2D eigenvalue weighted by Gasteiger charge is 2.29. The van der Waals surface area contributed by atoms with Crippen LogP contribution in [0.4, 0.5) is 11.4 Å². The fraction of sp³-hybridized carbons (Fsp3) is 0.160. The molecule has 3 aromatic rings. The lowest BCUT2D eigenvalue weighted by Crippen LogP contribution is -2.32. The summed E-state index contributed by atoms with van der Waals surface area (Å²) in [6.07, 6.45) is -2.44. The number of rotatable bonds is 8. The van der Waals surface area contributed by atoms with E-state index in [0.717, 1.165) is 0 Å². The summed E-state index contributed by atoms with van der Waals surface area (Å²) in [7, 11) is 0. The van der Waals surface area contributed by atoms with Crippen LogP contribution in [0, 0.1) is 28.4 Å². The highest BCUT2D eigenvalue weighted by atomic mass is 16.6. The minimum absolute atomic E-state index is 0.0144. The molecule has 0 saturated carbocycles. The standard InChI is InChI=1S/C25H21N3O6/c1-16-8-13-21(22(14-16)28(31)32)27-24(29)23(19-6-4-3-5-7-19)34-25(30)17(2)33-20-11-9-18(15-26)10-12-20/h3-14,17,23H,1-2H3,(H,27,29). The van der Waals surface area contributed by atoms with Crippen molar-refractivity contribution in [1.29, 1.82) is 5.26 Å². The van der Waals surface area contributed by atoms with Crippen molar-refractivity contribution in [3.05, 3.63) is 99.6 Å². The molecule has 2 atom stereocenters. The van der Waals surface area contributed by atoms with Crippen LogP contribution in [0.25, 0.3) is 0 Å². The molecule has 9 nitrogen and oxygen atoms in total. The number of carbonyl (C=O) groups excluding carboxylic acids is 2. The van der Waals surface area contributed by atoms with Gasteiger partial charge < -0.3 is 14.8 Å². The molecule has 0 spiro atoms. The summed E-state index contributed by atoms with van der Waals surface area (Å²) in [6, 6.07) is 20.8. The largest absolute Gasteiger partial charge is 0.479 e. The number of ether oxygens (including phenoxy) is 2. The summed E-state index contributed by atoms with van der Waals surface area (Å²) in [5.41, 5.74) is 1.19. The summed E-state index contributed by atoms with van der Waals surface area (Å²) < 4.78 is 11.0. The van der Waals surface area contributed by atoms with Gasteiger partial charge in [0.25, 0.3) is 11.6 Å². The Morgan fingerprint density at radius 1 is 1.06 bits per heavy atom. The van der Waals surface area contributed by atoms with Crippen LogP contribution in [0.5, 0.6) is 5.75 Å². The average Bonchev–Trinajstić information content (AvgIpc) is 2.84. The predicted octanol–water partition coefficient (Wildman–Crippen LogP) is 4.47. The van der Waals surface area contributed by atoms with Gasteiger partial charge in [0.05, 0.1) is 16.6 Å². The molecule has 3 rings (SSSR count). The Bertz CT molecular complexity index is 1240. The molecule has 2 unspecified atom stereocenters. The average molecular weight is 459 g/mol. The smallest absolute Gasteiger partial charge is 0.348 e. The number of nitriles is 1. The first-order valence-electron chi connectivity index (χ1n) is 10.3. The van der Waals surface area contributed by atoms with Crippen LogP contribution in [0.15, 0.2) is 72.8 Å². The third kappa shape index (κ3) is 5.95. The van der Waals surface area contributed by atoms with E-state index in [4.69, 9.17) is 14.7 Å². The molecule has 0 saturated heterocycles. The van der Waals surface area contributed by atoms with E-state index in [1.165, 1.54) is 19.1 Å². The molecular weight excluding hydrogens is 438 g/mol. The van der Waals surface area contributed by atoms with E-state index in [1.54, 1.807) is 67.6 Å². The maximum Gasteiger partial charge on any atom is 0.348 e. The van der Waals surface area contributed by atoms with Crippen molar-refractivity contribution in [3.63, 3.8) is 0 Å². The molecule has 0 fully saturated rings.